The lowest BCUT2D eigenvalue weighted by atomic mass is 10.1. The molecule has 0 spiro atoms. The first-order valence-electron chi connectivity index (χ1n) is 11.4. The number of aromatic amines is 1. The Labute approximate surface area is 194 Å². The number of rotatable bonds is 8. The van der Waals surface area contributed by atoms with Gasteiger partial charge in [0.2, 0.25) is 0 Å². The van der Waals surface area contributed by atoms with Gasteiger partial charge < -0.3 is 19.9 Å². The fourth-order valence-electron chi connectivity index (χ4n) is 3.96. The zero-order valence-corrected chi connectivity index (χ0v) is 20.4. The van der Waals surface area contributed by atoms with Crippen LogP contribution in [0.5, 0.6) is 0 Å². The third kappa shape index (κ3) is 5.18. The first-order chi connectivity index (χ1) is 15.8. The number of aromatic nitrogens is 4. The quantitative estimate of drug-likeness (QED) is 0.515. The van der Waals surface area contributed by atoms with Gasteiger partial charge in [0.25, 0.3) is 0 Å². The number of fused-ring (bicyclic) bond motifs is 1. The maximum atomic E-state index is 12.7. The minimum atomic E-state index is -3.32. The van der Waals surface area contributed by atoms with Gasteiger partial charge in [0.05, 0.1) is 47.0 Å². The van der Waals surface area contributed by atoms with Gasteiger partial charge in [0.15, 0.2) is 15.7 Å². The summed E-state index contributed by atoms with van der Waals surface area (Å²) in [4.78, 5) is 19.8. The number of hydrogen-bond acceptors (Lipinski definition) is 8. The lowest BCUT2D eigenvalue weighted by Gasteiger charge is -2.36. The van der Waals surface area contributed by atoms with E-state index < -0.39 is 15.1 Å². The number of morpholine rings is 1. The van der Waals surface area contributed by atoms with E-state index in [1.54, 1.807) is 19.9 Å². The minimum Gasteiger partial charge on any atom is -0.377 e. The maximum absolute atomic E-state index is 12.7. The molecule has 9 nitrogen and oxygen atoms in total. The van der Waals surface area contributed by atoms with Crippen LogP contribution in [-0.2, 0) is 26.9 Å². The molecule has 2 N–H and O–H groups in total. The van der Waals surface area contributed by atoms with Crippen LogP contribution in [0.3, 0.4) is 0 Å². The number of ether oxygens (including phenoxy) is 1. The van der Waals surface area contributed by atoms with Crippen LogP contribution in [-0.4, -0.2) is 66.5 Å². The Kier molecular flexibility index (Phi) is 6.96. The summed E-state index contributed by atoms with van der Waals surface area (Å²) in [5, 5.41) is 2.65. The molecule has 1 aliphatic rings. The van der Waals surface area contributed by atoms with Crippen LogP contribution in [0.2, 0.25) is 0 Å². The van der Waals surface area contributed by atoms with Crippen molar-refractivity contribution in [2.24, 2.45) is 0 Å². The molecule has 1 aliphatic heterocycles. The Bertz CT molecular complexity index is 1220. The summed E-state index contributed by atoms with van der Waals surface area (Å²) in [5.41, 5.74) is 3.89. The van der Waals surface area contributed by atoms with E-state index in [4.69, 9.17) is 14.7 Å². The standard InChI is InChI=1S/C23H32N6O3S/c1-5-18-13-32-9-8-29(18)22-11-17(14-33(30,31)15(2)3)26-23(28-22)20-7-6-19-21(27-20)10-16(25-19)12-24-4/h6-7,10-11,15,18,24-25H,5,8-9,12-14H2,1-4H3. The normalized spacial score (nSPS) is 17.2. The lowest BCUT2D eigenvalue weighted by Crippen LogP contribution is -2.45. The largest absolute Gasteiger partial charge is 0.377 e. The van der Waals surface area contributed by atoms with Crippen molar-refractivity contribution in [1.82, 2.24) is 25.3 Å². The molecule has 1 atom stereocenters. The second-order valence-electron chi connectivity index (χ2n) is 8.68. The zero-order chi connectivity index (χ0) is 23.6. The van der Waals surface area contributed by atoms with Gasteiger partial charge in [-0.3, -0.25) is 0 Å². The number of nitrogens with zero attached hydrogens (tertiary/aromatic N) is 4. The number of hydrogen-bond donors (Lipinski definition) is 2. The molecule has 4 heterocycles. The molecule has 33 heavy (non-hydrogen) atoms. The third-order valence-electron chi connectivity index (χ3n) is 5.95. The first kappa shape index (κ1) is 23.6. The molecule has 0 amide bonds. The van der Waals surface area contributed by atoms with E-state index in [-0.39, 0.29) is 11.8 Å². The summed E-state index contributed by atoms with van der Waals surface area (Å²) in [6.45, 7) is 8.14. The smallest absolute Gasteiger partial charge is 0.180 e. The van der Waals surface area contributed by atoms with Crippen LogP contribution < -0.4 is 10.2 Å². The van der Waals surface area contributed by atoms with E-state index in [9.17, 15) is 8.42 Å². The van der Waals surface area contributed by atoms with Crippen molar-refractivity contribution in [3.8, 4) is 11.5 Å². The van der Waals surface area contributed by atoms with E-state index in [0.717, 1.165) is 29.0 Å². The van der Waals surface area contributed by atoms with E-state index in [1.165, 1.54) is 0 Å². The Balaban J connectivity index is 1.79. The highest BCUT2D eigenvalue weighted by molar-refractivity contribution is 7.91. The monoisotopic (exact) mass is 472 g/mol. The van der Waals surface area contributed by atoms with Crippen molar-refractivity contribution in [3.05, 3.63) is 35.7 Å². The average molecular weight is 473 g/mol. The molecule has 1 saturated heterocycles. The summed E-state index contributed by atoms with van der Waals surface area (Å²) in [6, 6.07) is 7.81. The van der Waals surface area contributed by atoms with Crippen LogP contribution in [0.15, 0.2) is 24.3 Å². The SMILES string of the molecule is CCC1COCCN1c1cc(CS(=O)(=O)C(C)C)nc(-c2ccc3[nH]c(CNC)cc3n2)n1. The van der Waals surface area contributed by atoms with E-state index in [2.05, 4.69) is 27.1 Å². The van der Waals surface area contributed by atoms with Crippen LogP contribution >= 0.6 is 0 Å². The van der Waals surface area contributed by atoms with Crippen molar-refractivity contribution in [2.75, 3.05) is 31.7 Å². The molecule has 1 unspecified atom stereocenters. The molecule has 0 saturated carbocycles. The number of H-pyrrole nitrogens is 1. The maximum Gasteiger partial charge on any atom is 0.180 e. The van der Waals surface area contributed by atoms with E-state index in [0.29, 0.717) is 43.5 Å². The van der Waals surface area contributed by atoms with Crippen molar-refractivity contribution in [3.63, 3.8) is 0 Å². The highest BCUT2D eigenvalue weighted by Gasteiger charge is 2.26. The fourth-order valence-corrected chi connectivity index (χ4v) is 4.85. The average Bonchev–Trinajstić information content (AvgIpc) is 3.20. The molecular weight excluding hydrogens is 440 g/mol. The van der Waals surface area contributed by atoms with E-state index in [1.807, 2.05) is 25.2 Å². The molecule has 0 aliphatic carbocycles. The van der Waals surface area contributed by atoms with Crippen LogP contribution in [0.4, 0.5) is 5.82 Å². The summed E-state index contributed by atoms with van der Waals surface area (Å²) < 4.78 is 31.0. The summed E-state index contributed by atoms with van der Waals surface area (Å²) >= 11 is 0. The molecule has 0 radical (unpaired) electrons. The number of sulfone groups is 1. The molecular formula is C23H32N6O3S. The highest BCUT2D eigenvalue weighted by Crippen LogP contribution is 2.26. The molecule has 0 bridgehead atoms. The van der Waals surface area contributed by atoms with Crippen LogP contribution in [0, 0.1) is 0 Å². The summed E-state index contributed by atoms with van der Waals surface area (Å²) in [6.07, 6.45) is 0.904. The Morgan fingerprint density at radius 3 is 2.79 bits per heavy atom. The molecule has 3 aromatic rings. The van der Waals surface area contributed by atoms with Crippen molar-refractivity contribution in [1.29, 1.82) is 0 Å². The highest BCUT2D eigenvalue weighted by atomic mass is 32.2. The molecule has 178 valence electrons. The van der Waals surface area contributed by atoms with Gasteiger partial charge in [0.1, 0.15) is 11.5 Å². The molecule has 0 aromatic carbocycles. The zero-order valence-electron chi connectivity index (χ0n) is 19.6. The van der Waals surface area contributed by atoms with Crippen LogP contribution in [0.1, 0.15) is 38.6 Å². The van der Waals surface area contributed by atoms with Gasteiger partial charge in [-0.15, -0.1) is 0 Å². The Morgan fingerprint density at radius 1 is 1.24 bits per heavy atom. The number of nitrogens with one attached hydrogen (secondary N) is 2. The molecule has 4 rings (SSSR count). The predicted octanol–water partition coefficient (Wildman–Crippen LogP) is 2.68. The van der Waals surface area contributed by atoms with Gasteiger partial charge in [-0.2, -0.15) is 0 Å². The van der Waals surface area contributed by atoms with E-state index >= 15 is 0 Å². The predicted molar refractivity (Wildman–Crippen MR) is 130 cm³/mol. The first-order valence-corrected chi connectivity index (χ1v) is 13.1. The fraction of sp³-hybridized carbons (Fsp3) is 0.522. The van der Waals surface area contributed by atoms with Gasteiger partial charge >= 0.3 is 0 Å². The van der Waals surface area contributed by atoms with Gasteiger partial charge in [-0.1, -0.05) is 6.92 Å². The van der Waals surface area contributed by atoms with Crippen molar-refractivity contribution in [2.45, 2.75) is 50.8 Å². The molecule has 1 fully saturated rings. The molecule has 10 heteroatoms. The number of pyridine rings is 1. The van der Waals surface area contributed by atoms with Gasteiger partial charge in [0, 0.05) is 24.8 Å². The third-order valence-corrected chi connectivity index (χ3v) is 8.09. The van der Waals surface area contributed by atoms with Crippen molar-refractivity contribution >= 4 is 26.7 Å². The van der Waals surface area contributed by atoms with Crippen molar-refractivity contribution < 1.29 is 13.2 Å². The summed E-state index contributed by atoms with van der Waals surface area (Å²) in [5.74, 6) is 1.02. The minimum absolute atomic E-state index is 0.132. The topological polar surface area (TPSA) is 113 Å². The number of anilines is 1. The Hall–Kier alpha value is -2.56. The van der Waals surface area contributed by atoms with Crippen LogP contribution in [0.25, 0.3) is 22.6 Å². The van der Waals surface area contributed by atoms with Gasteiger partial charge in [-0.05, 0) is 45.5 Å². The lowest BCUT2D eigenvalue weighted by molar-refractivity contribution is 0.0925. The molecule has 3 aromatic heterocycles. The second-order valence-corrected chi connectivity index (χ2v) is 11.2. The van der Waals surface area contributed by atoms with Gasteiger partial charge in [-0.25, -0.2) is 23.4 Å². The Morgan fingerprint density at radius 2 is 2.06 bits per heavy atom. The second kappa shape index (κ2) is 9.74. The summed E-state index contributed by atoms with van der Waals surface area (Å²) in [7, 11) is -1.43.